The summed E-state index contributed by atoms with van der Waals surface area (Å²) in [5.41, 5.74) is -0.0644. The molecular weight excluding hydrogens is 268 g/mol. The van der Waals surface area contributed by atoms with E-state index < -0.39 is 29.4 Å². The maximum atomic E-state index is 13.2. The van der Waals surface area contributed by atoms with Crippen LogP contribution in [0.4, 0.5) is 8.78 Å². The highest BCUT2D eigenvalue weighted by atomic mass is 19.1. The Bertz CT molecular complexity index is 570. The standard InChI is InChI=1S/C14H13F2NO3/c15-8-3-7(4-9(16)5-8)13(18)17-10-1-2-12(17)11(6-10)14(19)20/h3-5,10-12H,1-2,6H2,(H,19,20). The van der Waals surface area contributed by atoms with E-state index in [0.29, 0.717) is 18.9 Å². The minimum absolute atomic E-state index is 0.0644. The molecule has 0 saturated carbocycles. The van der Waals surface area contributed by atoms with E-state index >= 15 is 0 Å². The van der Waals surface area contributed by atoms with Crippen molar-refractivity contribution in [1.82, 2.24) is 4.90 Å². The van der Waals surface area contributed by atoms with E-state index in [0.717, 1.165) is 18.6 Å². The topological polar surface area (TPSA) is 57.6 Å². The molecule has 2 saturated heterocycles. The van der Waals surface area contributed by atoms with Crippen LogP contribution in [0.25, 0.3) is 0 Å². The third-order valence-electron chi connectivity index (χ3n) is 4.20. The first-order chi connectivity index (χ1) is 9.47. The molecule has 106 valence electrons. The van der Waals surface area contributed by atoms with Gasteiger partial charge in [-0.15, -0.1) is 0 Å². The quantitative estimate of drug-likeness (QED) is 0.902. The van der Waals surface area contributed by atoms with Crippen LogP contribution in [0.3, 0.4) is 0 Å². The number of benzene rings is 1. The lowest BCUT2D eigenvalue weighted by molar-refractivity contribution is -0.142. The third kappa shape index (κ3) is 1.95. The zero-order valence-corrected chi connectivity index (χ0v) is 10.6. The van der Waals surface area contributed by atoms with Gasteiger partial charge in [-0.1, -0.05) is 0 Å². The largest absolute Gasteiger partial charge is 0.481 e. The van der Waals surface area contributed by atoms with E-state index in [2.05, 4.69) is 0 Å². The Balaban J connectivity index is 1.90. The zero-order chi connectivity index (χ0) is 14.4. The van der Waals surface area contributed by atoms with Crippen LogP contribution in [0.15, 0.2) is 18.2 Å². The van der Waals surface area contributed by atoms with Crippen LogP contribution < -0.4 is 0 Å². The second-order valence-corrected chi connectivity index (χ2v) is 5.35. The maximum absolute atomic E-state index is 13.2. The molecule has 0 aromatic heterocycles. The van der Waals surface area contributed by atoms with Crippen LogP contribution in [-0.2, 0) is 4.79 Å². The summed E-state index contributed by atoms with van der Waals surface area (Å²) in [6.07, 6.45) is 1.80. The second kappa shape index (κ2) is 4.54. The monoisotopic (exact) mass is 281 g/mol. The van der Waals surface area contributed by atoms with Crippen molar-refractivity contribution in [3.63, 3.8) is 0 Å². The smallest absolute Gasteiger partial charge is 0.308 e. The number of carbonyl (C=O) groups excluding carboxylic acids is 1. The van der Waals surface area contributed by atoms with Crippen molar-refractivity contribution >= 4 is 11.9 Å². The molecule has 3 unspecified atom stereocenters. The first kappa shape index (κ1) is 13.0. The number of amides is 1. The van der Waals surface area contributed by atoms with Crippen molar-refractivity contribution in [2.75, 3.05) is 0 Å². The SMILES string of the molecule is O=C(O)C1CC2CCC1N2C(=O)c1cc(F)cc(F)c1. The van der Waals surface area contributed by atoms with Crippen molar-refractivity contribution in [2.24, 2.45) is 5.92 Å². The number of fused-ring (bicyclic) bond motifs is 2. The third-order valence-corrected chi connectivity index (χ3v) is 4.20. The van der Waals surface area contributed by atoms with Crippen molar-refractivity contribution < 1.29 is 23.5 Å². The Kier molecular flexibility index (Phi) is 2.96. The molecular formula is C14H13F2NO3. The van der Waals surface area contributed by atoms with Gasteiger partial charge in [-0.25, -0.2) is 8.78 Å². The maximum Gasteiger partial charge on any atom is 0.308 e. The van der Waals surface area contributed by atoms with Gasteiger partial charge in [0.05, 0.1) is 5.92 Å². The van der Waals surface area contributed by atoms with Crippen LogP contribution in [0.1, 0.15) is 29.6 Å². The predicted molar refractivity (Wildman–Crippen MR) is 65.1 cm³/mol. The zero-order valence-electron chi connectivity index (χ0n) is 10.6. The van der Waals surface area contributed by atoms with E-state index in [1.807, 2.05) is 0 Å². The van der Waals surface area contributed by atoms with Gasteiger partial charge in [0.25, 0.3) is 5.91 Å². The molecule has 2 aliphatic heterocycles. The number of nitrogens with zero attached hydrogens (tertiary/aromatic N) is 1. The fourth-order valence-corrected chi connectivity index (χ4v) is 3.40. The summed E-state index contributed by atoms with van der Waals surface area (Å²) in [6.45, 7) is 0. The number of halogens is 2. The highest BCUT2D eigenvalue weighted by Crippen LogP contribution is 2.42. The fourth-order valence-electron chi connectivity index (χ4n) is 3.40. The fraction of sp³-hybridized carbons (Fsp3) is 0.429. The van der Waals surface area contributed by atoms with Crippen molar-refractivity contribution in [2.45, 2.75) is 31.3 Å². The Morgan fingerprint density at radius 2 is 1.80 bits per heavy atom. The van der Waals surface area contributed by atoms with Gasteiger partial charge in [-0.3, -0.25) is 9.59 Å². The van der Waals surface area contributed by atoms with E-state index in [-0.39, 0.29) is 17.6 Å². The summed E-state index contributed by atoms with van der Waals surface area (Å²) in [5.74, 6) is -3.60. The van der Waals surface area contributed by atoms with Gasteiger partial charge in [-0.2, -0.15) is 0 Å². The number of aliphatic carboxylic acids is 1. The van der Waals surface area contributed by atoms with Crippen LogP contribution in [-0.4, -0.2) is 34.0 Å². The van der Waals surface area contributed by atoms with Gasteiger partial charge < -0.3 is 10.0 Å². The lowest BCUT2D eigenvalue weighted by atomic mass is 9.89. The number of hydrogen-bond donors (Lipinski definition) is 1. The lowest BCUT2D eigenvalue weighted by Crippen LogP contribution is -2.37. The van der Waals surface area contributed by atoms with E-state index in [1.54, 1.807) is 0 Å². The van der Waals surface area contributed by atoms with Gasteiger partial charge in [-0.05, 0) is 31.4 Å². The molecule has 20 heavy (non-hydrogen) atoms. The molecule has 2 aliphatic rings. The number of carboxylic acid groups (broad SMARTS) is 1. The van der Waals surface area contributed by atoms with Crippen LogP contribution >= 0.6 is 0 Å². The molecule has 1 N–H and O–H groups in total. The summed E-state index contributed by atoms with van der Waals surface area (Å²) in [4.78, 5) is 25.0. The Hall–Kier alpha value is -1.98. The van der Waals surface area contributed by atoms with E-state index in [4.69, 9.17) is 5.11 Å². The highest BCUT2D eigenvalue weighted by Gasteiger charge is 2.51. The molecule has 6 heteroatoms. The number of carboxylic acids is 1. The summed E-state index contributed by atoms with van der Waals surface area (Å²) < 4.78 is 26.4. The summed E-state index contributed by atoms with van der Waals surface area (Å²) in [7, 11) is 0. The molecule has 1 amide bonds. The summed E-state index contributed by atoms with van der Waals surface area (Å²) in [5, 5.41) is 9.14. The molecule has 0 spiro atoms. The number of hydrogen-bond acceptors (Lipinski definition) is 2. The summed E-state index contributed by atoms with van der Waals surface area (Å²) in [6, 6.07) is 2.17. The predicted octanol–water partition coefficient (Wildman–Crippen LogP) is 2.04. The molecule has 0 radical (unpaired) electrons. The molecule has 3 rings (SSSR count). The van der Waals surface area contributed by atoms with Gasteiger partial charge in [0.1, 0.15) is 11.6 Å². The lowest BCUT2D eigenvalue weighted by Gasteiger charge is -2.23. The molecule has 2 bridgehead atoms. The van der Waals surface area contributed by atoms with Crippen molar-refractivity contribution in [1.29, 1.82) is 0 Å². The van der Waals surface area contributed by atoms with Crippen LogP contribution in [0, 0.1) is 17.6 Å². The number of rotatable bonds is 2. The normalized spacial score (nSPS) is 27.9. The number of carbonyl (C=O) groups is 2. The highest BCUT2D eigenvalue weighted by molar-refractivity contribution is 5.95. The first-order valence-corrected chi connectivity index (χ1v) is 6.49. The van der Waals surface area contributed by atoms with Gasteiger partial charge >= 0.3 is 5.97 Å². The van der Waals surface area contributed by atoms with Gasteiger partial charge in [0, 0.05) is 23.7 Å². The average molecular weight is 281 g/mol. The Morgan fingerprint density at radius 3 is 2.35 bits per heavy atom. The van der Waals surface area contributed by atoms with Gasteiger partial charge in [0.15, 0.2) is 0 Å². The van der Waals surface area contributed by atoms with Crippen LogP contribution in [0.5, 0.6) is 0 Å². The van der Waals surface area contributed by atoms with Crippen molar-refractivity contribution in [3.8, 4) is 0 Å². The minimum Gasteiger partial charge on any atom is -0.481 e. The molecule has 2 heterocycles. The molecule has 0 aliphatic carbocycles. The van der Waals surface area contributed by atoms with Crippen molar-refractivity contribution in [3.05, 3.63) is 35.4 Å². The Morgan fingerprint density at radius 1 is 1.15 bits per heavy atom. The average Bonchev–Trinajstić information content (AvgIpc) is 2.94. The van der Waals surface area contributed by atoms with Crippen LogP contribution in [0.2, 0.25) is 0 Å². The molecule has 1 aromatic rings. The van der Waals surface area contributed by atoms with E-state index in [1.165, 1.54) is 4.90 Å². The molecule has 3 atom stereocenters. The molecule has 4 nitrogen and oxygen atoms in total. The van der Waals surface area contributed by atoms with E-state index in [9.17, 15) is 18.4 Å². The molecule has 2 fully saturated rings. The first-order valence-electron chi connectivity index (χ1n) is 6.49. The summed E-state index contributed by atoms with van der Waals surface area (Å²) >= 11 is 0. The second-order valence-electron chi connectivity index (χ2n) is 5.35. The minimum atomic E-state index is -0.916. The van der Waals surface area contributed by atoms with Gasteiger partial charge in [0.2, 0.25) is 0 Å². The Labute approximate surface area is 114 Å². The molecule has 1 aromatic carbocycles.